The molecular weight excluding hydrogens is 505 g/mol. The van der Waals surface area contributed by atoms with Gasteiger partial charge in [0, 0.05) is 36.6 Å². The highest BCUT2D eigenvalue weighted by atomic mass is 19.4. The number of alkyl halides is 3. The van der Waals surface area contributed by atoms with Crippen molar-refractivity contribution in [2.75, 3.05) is 37.8 Å². The number of anilines is 3. The van der Waals surface area contributed by atoms with Crippen LogP contribution >= 0.6 is 0 Å². The van der Waals surface area contributed by atoms with E-state index in [1.807, 2.05) is 7.05 Å². The molecule has 208 valence electrons. The van der Waals surface area contributed by atoms with Crippen LogP contribution in [0.4, 0.5) is 35.4 Å². The van der Waals surface area contributed by atoms with Crippen LogP contribution < -0.4 is 10.6 Å². The molecule has 1 saturated carbocycles. The first kappa shape index (κ1) is 29.0. The summed E-state index contributed by atoms with van der Waals surface area (Å²) in [6.45, 7) is 1.94. The Morgan fingerprint density at radius 3 is 2.18 bits per heavy atom. The number of hydrogen-bond acceptors (Lipinski definition) is 7. The molecule has 4 rings (SSSR count). The maximum Gasteiger partial charge on any atom is 0.503 e. The molecule has 1 aliphatic carbocycles. The summed E-state index contributed by atoms with van der Waals surface area (Å²) in [5, 5.41) is 19.8. The average molecular weight is 539 g/mol. The highest BCUT2D eigenvalue weighted by molar-refractivity contribution is 5.94. The Labute approximate surface area is 218 Å². The van der Waals surface area contributed by atoms with E-state index in [1.165, 1.54) is 0 Å². The Morgan fingerprint density at radius 1 is 1.05 bits per heavy atom. The molecule has 10 nitrogen and oxygen atoms in total. The number of carbonyl (C=O) groups is 2. The number of nitrogens with zero attached hydrogens (tertiary/aromatic N) is 4. The number of amides is 1. The molecule has 0 atom stereocenters. The van der Waals surface area contributed by atoms with E-state index in [4.69, 9.17) is 15.0 Å². The predicted molar refractivity (Wildman–Crippen MR) is 136 cm³/mol. The molecule has 2 heterocycles. The van der Waals surface area contributed by atoms with Crippen LogP contribution in [0, 0.1) is 0 Å². The molecule has 2 aromatic rings. The Morgan fingerprint density at radius 2 is 1.63 bits per heavy atom. The fourth-order valence-corrected chi connectivity index (χ4v) is 4.60. The topological polar surface area (TPSA) is 131 Å². The van der Waals surface area contributed by atoms with Crippen molar-refractivity contribution in [1.82, 2.24) is 19.8 Å². The third kappa shape index (κ3) is 8.20. The third-order valence-corrected chi connectivity index (χ3v) is 6.73. The number of carbonyl (C=O) groups excluding carboxylic acids is 1. The van der Waals surface area contributed by atoms with Crippen LogP contribution in [0.1, 0.15) is 54.4 Å². The number of halogens is 3. The second-order valence-corrected chi connectivity index (χ2v) is 9.51. The molecule has 1 saturated heterocycles. The lowest BCUT2D eigenvalue weighted by Gasteiger charge is -2.35. The largest absolute Gasteiger partial charge is 0.503 e. The van der Waals surface area contributed by atoms with Crippen LogP contribution in [0.15, 0.2) is 30.5 Å². The van der Waals surface area contributed by atoms with Crippen LogP contribution in [-0.2, 0) is 6.18 Å². The summed E-state index contributed by atoms with van der Waals surface area (Å²) in [6, 6.07) is 7.03. The minimum Gasteiger partial charge on any atom is -0.450 e. The monoisotopic (exact) mass is 538 g/mol. The summed E-state index contributed by atoms with van der Waals surface area (Å²) in [5.41, 5.74) is 0.275. The normalized spacial score (nSPS) is 16.9. The molecule has 2 fully saturated rings. The summed E-state index contributed by atoms with van der Waals surface area (Å²) >= 11 is 0. The van der Waals surface area contributed by atoms with E-state index in [0.717, 1.165) is 57.8 Å². The van der Waals surface area contributed by atoms with Crippen molar-refractivity contribution in [3.05, 3.63) is 41.6 Å². The molecule has 1 aromatic heterocycles. The fourth-order valence-electron chi connectivity index (χ4n) is 4.60. The van der Waals surface area contributed by atoms with Gasteiger partial charge in [0.25, 0.3) is 5.91 Å². The van der Waals surface area contributed by atoms with Gasteiger partial charge >= 0.3 is 12.3 Å². The number of nitrogens with one attached hydrogen (secondary N) is 2. The van der Waals surface area contributed by atoms with E-state index < -0.39 is 17.9 Å². The zero-order valence-corrected chi connectivity index (χ0v) is 21.3. The second-order valence-electron chi connectivity index (χ2n) is 9.51. The summed E-state index contributed by atoms with van der Waals surface area (Å²) < 4.78 is 40.3. The summed E-state index contributed by atoms with van der Waals surface area (Å²) in [5.74, 6) is -0.186. The van der Waals surface area contributed by atoms with Gasteiger partial charge in [0.05, 0.1) is 0 Å². The minimum absolute atomic E-state index is 0.0179. The van der Waals surface area contributed by atoms with Gasteiger partial charge < -0.3 is 30.6 Å². The van der Waals surface area contributed by atoms with Gasteiger partial charge in [0.1, 0.15) is 11.4 Å². The smallest absolute Gasteiger partial charge is 0.450 e. The molecule has 0 unspecified atom stereocenters. The van der Waals surface area contributed by atoms with Crippen LogP contribution in [0.5, 0.6) is 0 Å². The van der Waals surface area contributed by atoms with E-state index >= 15 is 0 Å². The molecule has 1 aliphatic heterocycles. The number of hydrogen-bond donors (Lipinski definition) is 4. The first-order valence-electron chi connectivity index (χ1n) is 12.4. The maximum atomic E-state index is 13.4. The van der Waals surface area contributed by atoms with Gasteiger partial charge in [-0.3, -0.25) is 4.79 Å². The molecule has 38 heavy (non-hydrogen) atoms. The lowest BCUT2D eigenvalue weighted by Crippen LogP contribution is -2.44. The Balaban J connectivity index is 0.000000934. The Bertz CT molecular complexity index is 1080. The van der Waals surface area contributed by atoms with Crippen molar-refractivity contribution < 1.29 is 33.0 Å². The zero-order valence-electron chi connectivity index (χ0n) is 21.3. The van der Waals surface area contributed by atoms with E-state index in [-0.39, 0.29) is 29.8 Å². The van der Waals surface area contributed by atoms with Crippen molar-refractivity contribution in [1.29, 1.82) is 0 Å². The Kier molecular flexibility index (Phi) is 9.72. The van der Waals surface area contributed by atoms with Crippen LogP contribution in [0.2, 0.25) is 0 Å². The molecule has 13 heteroatoms. The maximum absolute atomic E-state index is 13.4. The summed E-state index contributed by atoms with van der Waals surface area (Å²) in [6.07, 6.45) is -0.0400. The number of piperidine rings is 1. The molecule has 1 amide bonds. The van der Waals surface area contributed by atoms with Crippen LogP contribution in [0.25, 0.3) is 0 Å². The first-order chi connectivity index (χ1) is 17.9. The summed E-state index contributed by atoms with van der Waals surface area (Å²) in [4.78, 5) is 33.5. The number of carboxylic acid groups (broad SMARTS) is 2. The number of benzene rings is 1. The number of aromatic nitrogens is 2. The second kappa shape index (κ2) is 12.8. The lowest BCUT2D eigenvalue weighted by atomic mass is 10.0. The standard InChI is InChI=1S/C24H31F3N6O.CH2O3/c1-32-13-11-19(12-14-32)33(2)22(34)16-7-9-18(10-8-16)30-23-28-15-20(24(25,26)27)21(31-23)29-17-5-3-4-6-17;2-1(3)4/h7-10,15,17,19H,3-6,11-14H2,1-2H3,(H2,28,29,30,31);(H2,2,3,4). The average Bonchev–Trinajstić information content (AvgIpc) is 3.36. The van der Waals surface area contributed by atoms with Crippen molar-refractivity contribution in [2.45, 2.75) is 56.8 Å². The number of rotatable bonds is 6. The van der Waals surface area contributed by atoms with Crippen molar-refractivity contribution in [2.24, 2.45) is 0 Å². The predicted octanol–water partition coefficient (Wildman–Crippen LogP) is 4.98. The van der Waals surface area contributed by atoms with Crippen molar-refractivity contribution in [3.8, 4) is 0 Å². The van der Waals surface area contributed by atoms with Gasteiger partial charge in [-0.25, -0.2) is 9.78 Å². The fraction of sp³-hybridized carbons (Fsp3) is 0.520. The Hall–Kier alpha value is -3.61. The molecule has 0 bridgehead atoms. The molecule has 4 N–H and O–H groups in total. The van der Waals surface area contributed by atoms with E-state index in [1.54, 1.807) is 29.2 Å². The van der Waals surface area contributed by atoms with Gasteiger partial charge in [0.15, 0.2) is 0 Å². The molecular formula is C25H33F3N6O4. The summed E-state index contributed by atoms with van der Waals surface area (Å²) in [7, 11) is 3.91. The van der Waals surface area contributed by atoms with Gasteiger partial charge in [-0.1, -0.05) is 12.8 Å². The van der Waals surface area contributed by atoms with E-state index in [9.17, 15) is 18.0 Å². The third-order valence-electron chi connectivity index (χ3n) is 6.73. The van der Waals surface area contributed by atoms with Gasteiger partial charge in [0.2, 0.25) is 5.95 Å². The van der Waals surface area contributed by atoms with E-state index in [2.05, 4.69) is 32.5 Å². The van der Waals surface area contributed by atoms with Gasteiger partial charge in [-0.2, -0.15) is 18.2 Å². The first-order valence-corrected chi connectivity index (χ1v) is 12.4. The van der Waals surface area contributed by atoms with Gasteiger partial charge in [-0.15, -0.1) is 0 Å². The molecule has 0 spiro atoms. The van der Waals surface area contributed by atoms with E-state index in [0.29, 0.717) is 11.3 Å². The van der Waals surface area contributed by atoms with Gasteiger partial charge in [-0.05, 0) is 70.1 Å². The molecule has 0 radical (unpaired) electrons. The van der Waals surface area contributed by atoms with Crippen LogP contribution in [-0.4, -0.2) is 81.3 Å². The van der Waals surface area contributed by atoms with Crippen molar-refractivity contribution >= 4 is 29.5 Å². The number of likely N-dealkylation sites (tertiary alicyclic amines) is 1. The highest BCUT2D eigenvalue weighted by Crippen LogP contribution is 2.35. The lowest BCUT2D eigenvalue weighted by molar-refractivity contribution is -0.137. The zero-order chi connectivity index (χ0) is 27.9. The minimum atomic E-state index is -4.54. The quantitative estimate of drug-likeness (QED) is 0.402. The van der Waals surface area contributed by atoms with Crippen LogP contribution in [0.3, 0.4) is 0 Å². The van der Waals surface area contributed by atoms with Crippen molar-refractivity contribution in [3.63, 3.8) is 0 Å². The molecule has 1 aromatic carbocycles. The molecule has 2 aliphatic rings. The SMILES string of the molecule is CN1CCC(N(C)C(=O)c2ccc(Nc3ncc(C(F)(F)F)c(NC4CCCC4)n3)cc2)CC1.O=C(O)O. The highest BCUT2D eigenvalue weighted by Gasteiger charge is 2.36.